The van der Waals surface area contributed by atoms with Gasteiger partial charge in [0.15, 0.2) is 0 Å². The molecule has 0 radical (unpaired) electrons. The molecule has 1 unspecified atom stereocenters. The molecule has 1 N–H and O–H groups in total. The highest BCUT2D eigenvalue weighted by molar-refractivity contribution is 7.09. The van der Waals surface area contributed by atoms with E-state index in [0.717, 1.165) is 24.6 Å². The van der Waals surface area contributed by atoms with E-state index in [1.165, 1.54) is 18.5 Å². The van der Waals surface area contributed by atoms with E-state index >= 15 is 0 Å². The summed E-state index contributed by atoms with van der Waals surface area (Å²) >= 11 is 1.73. The van der Waals surface area contributed by atoms with Crippen molar-refractivity contribution in [1.29, 1.82) is 0 Å². The number of hydrogen-bond acceptors (Lipinski definition) is 4. The normalized spacial score (nSPS) is 13.2. The van der Waals surface area contributed by atoms with Crippen LogP contribution in [0.2, 0.25) is 0 Å². The largest absolute Gasteiger partial charge is 0.315 e. The minimum absolute atomic E-state index is 0.550. The number of thiazole rings is 1. The SMILES string of the molecule is CCCCNCC(C)N(C)Cc1csc(C)n1. The molecule has 1 aromatic rings. The van der Waals surface area contributed by atoms with Crippen LogP contribution in [0.3, 0.4) is 0 Å². The van der Waals surface area contributed by atoms with Crippen molar-refractivity contribution in [2.75, 3.05) is 20.1 Å². The van der Waals surface area contributed by atoms with Crippen LogP contribution in [-0.2, 0) is 6.54 Å². The molecule has 1 heterocycles. The summed E-state index contributed by atoms with van der Waals surface area (Å²) < 4.78 is 0. The van der Waals surface area contributed by atoms with E-state index in [4.69, 9.17) is 0 Å². The fourth-order valence-electron chi connectivity index (χ4n) is 1.66. The first-order valence-electron chi connectivity index (χ1n) is 6.45. The highest BCUT2D eigenvalue weighted by Crippen LogP contribution is 2.10. The van der Waals surface area contributed by atoms with E-state index in [1.807, 2.05) is 0 Å². The second-order valence-electron chi connectivity index (χ2n) is 4.68. The third kappa shape index (κ3) is 5.61. The number of rotatable bonds is 8. The van der Waals surface area contributed by atoms with Crippen LogP contribution in [0, 0.1) is 6.92 Å². The fourth-order valence-corrected chi connectivity index (χ4v) is 2.26. The lowest BCUT2D eigenvalue weighted by molar-refractivity contribution is 0.240. The molecule has 0 spiro atoms. The number of aromatic nitrogens is 1. The lowest BCUT2D eigenvalue weighted by atomic mass is 10.2. The zero-order chi connectivity index (χ0) is 12.7. The van der Waals surface area contributed by atoms with E-state index in [9.17, 15) is 0 Å². The quantitative estimate of drug-likeness (QED) is 0.724. The Hall–Kier alpha value is -0.450. The Morgan fingerprint density at radius 3 is 2.88 bits per heavy atom. The van der Waals surface area contributed by atoms with Crippen molar-refractivity contribution in [3.05, 3.63) is 16.1 Å². The van der Waals surface area contributed by atoms with Crippen LogP contribution in [0.15, 0.2) is 5.38 Å². The highest BCUT2D eigenvalue weighted by atomic mass is 32.1. The van der Waals surface area contributed by atoms with Crippen LogP contribution in [0.5, 0.6) is 0 Å². The maximum absolute atomic E-state index is 4.50. The topological polar surface area (TPSA) is 28.2 Å². The van der Waals surface area contributed by atoms with Gasteiger partial charge in [-0.15, -0.1) is 11.3 Å². The van der Waals surface area contributed by atoms with E-state index in [2.05, 4.69) is 48.4 Å². The summed E-state index contributed by atoms with van der Waals surface area (Å²) in [6.07, 6.45) is 2.52. The minimum Gasteiger partial charge on any atom is -0.315 e. The maximum atomic E-state index is 4.50. The zero-order valence-electron chi connectivity index (χ0n) is 11.5. The lowest BCUT2D eigenvalue weighted by Crippen LogP contribution is -2.37. The second kappa shape index (κ2) is 7.80. The summed E-state index contributed by atoms with van der Waals surface area (Å²) in [4.78, 5) is 6.85. The first kappa shape index (κ1) is 14.6. The van der Waals surface area contributed by atoms with Crippen LogP contribution in [-0.4, -0.2) is 36.1 Å². The Morgan fingerprint density at radius 1 is 1.53 bits per heavy atom. The molecule has 1 atom stereocenters. The van der Waals surface area contributed by atoms with Gasteiger partial charge in [-0.25, -0.2) is 4.98 Å². The van der Waals surface area contributed by atoms with Crippen molar-refractivity contribution in [1.82, 2.24) is 15.2 Å². The molecule has 0 saturated heterocycles. The number of aryl methyl sites for hydroxylation is 1. The lowest BCUT2D eigenvalue weighted by Gasteiger charge is -2.24. The third-order valence-corrected chi connectivity index (χ3v) is 3.80. The first-order chi connectivity index (χ1) is 8.13. The van der Waals surface area contributed by atoms with Gasteiger partial charge in [0.05, 0.1) is 10.7 Å². The predicted molar refractivity (Wildman–Crippen MR) is 75.6 cm³/mol. The van der Waals surface area contributed by atoms with Crippen molar-refractivity contribution >= 4 is 11.3 Å². The fraction of sp³-hybridized carbons (Fsp3) is 0.769. The minimum atomic E-state index is 0.550. The van der Waals surface area contributed by atoms with Gasteiger partial charge in [0.2, 0.25) is 0 Å². The van der Waals surface area contributed by atoms with Crippen molar-refractivity contribution < 1.29 is 0 Å². The summed E-state index contributed by atoms with van der Waals surface area (Å²) in [6.45, 7) is 9.68. The van der Waals surface area contributed by atoms with Gasteiger partial charge in [-0.3, -0.25) is 4.90 Å². The molecule has 17 heavy (non-hydrogen) atoms. The smallest absolute Gasteiger partial charge is 0.0897 e. The number of hydrogen-bond donors (Lipinski definition) is 1. The van der Waals surface area contributed by atoms with Gasteiger partial charge in [0, 0.05) is 24.5 Å². The zero-order valence-corrected chi connectivity index (χ0v) is 12.3. The maximum Gasteiger partial charge on any atom is 0.0897 e. The highest BCUT2D eigenvalue weighted by Gasteiger charge is 2.10. The number of nitrogens with one attached hydrogen (secondary N) is 1. The molecule has 0 aliphatic rings. The first-order valence-corrected chi connectivity index (χ1v) is 7.33. The molecular formula is C13H25N3S. The van der Waals surface area contributed by atoms with Crippen molar-refractivity contribution in [3.63, 3.8) is 0 Å². The monoisotopic (exact) mass is 255 g/mol. The van der Waals surface area contributed by atoms with Crippen molar-refractivity contribution in [2.45, 2.75) is 46.2 Å². The molecule has 0 aromatic carbocycles. The Morgan fingerprint density at radius 2 is 2.29 bits per heavy atom. The van der Waals surface area contributed by atoms with Gasteiger partial charge >= 0.3 is 0 Å². The van der Waals surface area contributed by atoms with Crippen LogP contribution in [0.25, 0.3) is 0 Å². The van der Waals surface area contributed by atoms with Crippen molar-refractivity contribution in [2.24, 2.45) is 0 Å². The summed E-state index contributed by atoms with van der Waals surface area (Å²) in [5.74, 6) is 0. The Kier molecular flexibility index (Phi) is 6.70. The molecule has 3 nitrogen and oxygen atoms in total. The number of nitrogens with zero attached hydrogens (tertiary/aromatic N) is 2. The van der Waals surface area contributed by atoms with Crippen LogP contribution < -0.4 is 5.32 Å². The third-order valence-electron chi connectivity index (χ3n) is 2.98. The molecule has 0 bridgehead atoms. The Bertz CT molecular complexity index is 311. The standard InChI is InChI=1S/C13H25N3S/c1-5-6-7-14-8-11(2)16(4)9-13-10-17-12(3)15-13/h10-11,14H,5-9H2,1-4H3. The van der Waals surface area contributed by atoms with Crippen LogP contribution >= 0.6 is 11.3 Å². The summed E-state index contributed by atoms with van der Waals surface area (Å²) in [6, 6.07) is 0.550. The molecule has 4 heteroatoms. The molecule has 0 aliphatic heterocycles. The van der Waals surface area contributed by atoms with Gasteiger partial charge in [-0.1, -0.05) is 13.3 Å². The molecule has 0 aliphatic carbocycles. The van der Waals surface area contributed by atoms with E-state index in [1.54, 1.807) is 11.3 Å². The Balaban J connectivity index is 2.24. The summed E-state index contributed by atoms with van der Waals surface area (Å²) in [5, 5.41) is 6.81. The number of unbranched alkanes of at least 4 members (excludes halogenated alkanes) is 1. The average Bonchev–Trinajstić information content (AvgIpc) is 2.70. The molecule has 0 fully saturated rings. The predicted octanol–water partition coefficient (Wildman–Crippen LogP) is 2.66. The van der Waals surface area contributed by atoms with Crippen molar-refractivity contribution in [3.8, 4) is 0 Å². The Labute approximate surface area is 109 Å². The summed E-state index contributed by atoms with van der Waals surface area (Å²) in [7, 11) is 2.17. The van der Waals surface area contributed by atoms with Gasteiger partial charge in [-0.05, 0) is 33.9 Å². The molecular weight excluding hydrogens is 230 g/mol. The molecule has 1 rings (SSSR count). The summed E-state index contributed by atoms with van der Waals surface area (Å²) in [5.41, 5.74) is 1.19. The van der Waals surface area contributed by atoms with Crippen LogP contribution in [0.4, 0.5) is 0 Å². The second-order valence-corrected chi connectivity index (χ2v) is 5.74. The van der Waals surface area contributed by atoms with Crippen LogP contribution in [0.1, 0.15) is 37.4 Å². The molecule has 98 valence electrons. The van der Waals surface area contributed by atoms with Gasteiger partial charge < -0.3 is 5.32 Å². The van der Waals surface area contributed by atoms with E-state index in [0.29, 0.717) is 6.04 Å². The van der Waals surface area contributed by atoms with Gasteiger partial charge in [0.1, 0.15) is 0 Å². The average molecular weight is 255 g/mol. The van der Waals surface area contributed by atoms with Gasteiger partial charge in [0.25, 0.3) is 0 Å². The molecule has 1 aromatic heterocycles. The van der Waals surface area contributed by atoms with E-state index < -0.39 is 0 Å². The van der Waals surface area contributed by atoms with Gasteiger partial charge in [-0.2, -0.15) is 0 Å². The molecule has 0 saturated carbocycles. The molecule has 0 amide bonds. The van der Waals surface area contributed by atoms with E-state index in [-0.39, 0.29) is 0 Å². The number of likely N-dealkylation sites (N-methyl/N-ethyl adjacent to an activating group) is 1.